The summed E-state index contributed by atoms with van der Waals surface area (Å²) in [6.45, 7) is 9.66. The van der Waals surface area contributed by atoms with Gasteiger partial charge in [-0.1, -0.05) is 13.0 Å². The molecule has 1 atom stereocenters. The van der Waals surface area contributed by atoms with Crippen LogP contribution in [0.3, 0.4) is 0 Å². The first-order chi connectivity index (χ1) is 16.4. The predicted molar refractivity (Wildman–Crippen MR) is 129 cm³/mol. The Balaban J connectivity index is 1.69. The molecule has 1 aliphatic heterocycles. The molecule has 182 valence electrons. The van der Waals surface area contributed by atoms with Gasteiger partial charge in [-0.15, -0.1) is 5.10 Å². The molecule has 0 unspecified atom stereocenters. The Hall–Kier alpha value is -3.20. The lowest BCUT2D eigenvalue weighted by Gasteiger charge is -2.40. The first-order valence-corrected chi connectivity index (χ1v) is 11.6. The van der Waals surface area contributed by atoms with Crippen molar-refractivity contribution in [3.05, 3.63) is 59.7 Å². The van der Waals surface area contributed by atoms with E-state index in [2.05, 4.69) is 52.2 Å². The Morgan fingerprint density at radius 1 is 0.971 bits per heavy atom. The number of piperazine rings is 1. The molecule has 8 nitrogen and oxygen atoms in total. The summed E-state index contributed by atoms with van der Waals surface area (Å²) in [5.41, 5.74) is 1.83. The van der Waals surface area contributed by atoms with E-state index in [-0.39, 0.29) is 17.4 Å². The minimum absolute atomic E-state index is 0.156. The van der Waals surface area contributed by atoms with Gasteiger partial charge in [0.15, 0.2) is 17.3 Å². The number of hydrogen-bond acceptors (Lipinski definition) is 7. The molecule has 0 N–H and O–H groups in total. The molecule has 4 rings (SSSR count). The van der Waals surface area contributed by atoms with Gasteiger partial charge >= 0.3 is 0 Å². The van der Waals surface area contributed by atoms with Crippen molar-refractivity contribution in [2.24, 2.45) is 0 Å². The van der Waals surface area contributed by atoms with Crippen LogP contribution in [0.15, 0.2) is 42.5 Å². The maximum Gasteiger partial charge on any atom is 0.173 e. The monoisotopic (exact) mass is 468 g/mol. The van der Waals surface area contributed by atoms with Crippen LogP contribution in [0.5, 0.6) is 11.5 Å². The minimum atomic E-state index is -0.233. The van der Waals surface area contributed by atoms with Gasteiger partial charge < -0.3 is 14.4 Å². The number of aromatic nitrogens is 4. The lowest BCUT2D eigenvalue weighted by molar-refractivity contribution is 0.187. The Labute approximate surface area is 200 Å². The van der Waals surface area contributed by atoms with Gasteiger partial charge in [0, 0.05) is 31.9 Å². The van der Waals surface area contributed by atoms with Crippen molar-refractivity contribution < 1.29 is 13.9 Å². The Morgan fingerprint density at radius 3 is 2.26 bits per heavy atom. The van der Waals surface area contributed by atoms with E-state index in [1.54, 1.807) is 14.2 Å². The molecule has 1 fully saturated rings. The molecule has 0 radical (unpaired) electrons. The highest BCUT2D eigenvalue weighted by atomic mass is 19.1. The number of halogens is 1. The van der Waals surface area contributed by atoms with Gasteiger partial charge in [-0.2, -0.15) is 0 Å². The van der Waals surface area contributed by atoms with Crippen molar-refractivity contribution >= 4 is 5.69 Å². The summed E-state index contributed by atoms with van der Waals surface area (Å²) in [5.74, 6) is 1.93. The summed E-state index contributed by atoms with van der Waals surface area (Å²) >= 11 is 0. The van der Waals surface area contributed by atoms with Crippen LogP contribution in [-0.2, 0) is 5.54 Å². The van der Waals surface area contributed by atoms with Crippen LogP contribution in [0, 0.1) is 5.82 Å². The van der Waals surface area contributed by atoms with E-state index >= 15 is 0 Å². The molecule has 0 bridgehead atoms. The number of ether oxygens (including phenoxy) is 2. The molecule has 34 heavy (non-hydrogen) atoms. The first kappa shape index (κ1) is 23.9. The Kier molecular flexibility index (Phi) is 7.02. The first-order valence-electron chi connectivity index (χ1n) is 11.6. The fourth-order valence-corrected chi connectivity index (χ4v) is 4.38. The van der Waals surface area contributed by atoms with E-state index in [0.717, 1.165) is 49.7 Å². The largest absolute Gasteiger partial charge is 0.493 e. The van der Waals surface area contributed by atoms with E-state index in [4.69, 9.17) is 9.47 Å². The number of hydrogen-bond donors (Lipinski definition) is 0. The summed E-state index contributed by atoms with van der Waals surface area (Å²) in [6, 6.07) is 12.5. The molecule has 3 aromatic rings. The SMILES string of the molecule is CCC(C)(C)n1nnnc1[C@H](c1ccc(OC)c(OC)c1)N1CCN(c2ccc(F)cc2)CC1. The molecule has 1 aliphatic rings. The molecule has 0 amide bonds. The molecule has 2 heterocycles. The maximum atomic E-state index is 13.4. The molecule has 0 spiro atoms. The van der Waals surface area contributed by atoms with Gasteiger partial charge in [-0.3, -0.25) is 4.90 Å². The predicted octanol–water partition coefficient (Wildman–Crippen LogP) is 3.89. The van der Waals surface area contributed by atoms with Crippen LogP contribution >= 0.6 is 0 Å². The standard InChI is InChI=1S/C25H33FN6O2/c1-6-25(2,3)32-24(27-28-29-32)23(18-7-12-21(33-4)22(17-18)34-5)31-15-13-30(14-16-31)20-10-8-19(26)9-11-20/h7-12,17,23H,6,13-16H2,1-5H3/t23-/m0/s1. The molecule has 2 aromatic carbocycles. The Morgan fingerprint density at radius 2 is 1.65 bits per heavy atom. The third-order valence-electron chi connectivity index (χ3n) is 6.77. The molecule has 0 saturated carbocycles. The van der Waals surface area contributed by atoms with Crippen molar-refractivity contribution in [1.82, 2.24) is 25.1 Å². The highest BCUT2D eigenvalue weighted by Gasteiger charge is 2.34. The van der Waals surface area contributed by atoms with Crippen molar-refractivity contribution in [2.75, 3.05) is 45.3 Å². The van der Waals surface area contributed by atoms with E-state index in [0.29, 0.717) is 11.5 Å². The molecule has 0 aliphatic carbocycles. The number of nitrogens with zero attached hydrogens (tertiary/aromatic N) is 6. The van der Waals surface area contributed by atoms with E-state index in [1.807, 2.05) is 28.9 Å². The van der Waals surface area contributed by atoms with E-state index in [1.165, 1.54) is 12.1 Å². The van der Waals surface area contributed by atoms with Gasteiger partial charge in [0.25, 0.3) is 0 Å². The maximum absolute atomic E-state index is 13.4. The molecule has 9 heteroatoms. The zero-order valence-corrected chi connectivity index (χ0v) is 20.5. The quantitative estimate of drug-likeness (QED) is 0.497. The highest BCUT2D eigenvalue weighted by Crippen LogP contribution is 2.36. The van der Waals surface area contributed by atoms with Crippen LogP contribution in [0.4, 0.5) is 10.1 Å². The van der Waals surface area contributed by atoms with Crippen LogP contribution < -0.4 is 14.4 Å². The zero-order chi connectivity index (χ0) is 24.3. The van der Waals surface area contributed by atoms with Crippen molar-refractivity contribution in [1.29, 1.82) is 0 Å². The van der Waals surface area contributed by atoms with Gasteiger partial charge in [0.1, 0.15) is 5.82 Å². The second-order valence-electron chi connectivity index (χ2n) is 9.13. The third-order valence-corrected chi connectivity index (χ3v) is 6.77. The van der Waals surface area contributed by atoms with Crippen molar-refractivity contribution in [2.45, 2.75) is 38.8 Å². The summed E-state index contributed by atoms with van der Waals surface area (Å²) < 4.78 is 26.4. The van der Waals surface area contributed by atoms with Crippen LogP contribution in [0.1, 0.15) is 44.6 Å². The summed E-state index contributed by atoms with van der Waals surface area (Å²) in [7, 11) is 3.27. The van der Waals surface area contributed by atoms with Crippen LogP contribution in [-0.4, -0.2) is 65.5 Å². The molecular weight excluding hydrogens is 435 g/mol. The molecule has 1 aromatic heterocycles. The average Bonchev–Trinajstić information content (AvgIpc) is 3.35. The average molecular weight is 469 g/mol. The van der Waals surface area contributed by atoms with Crippen molar-refractivity contribution in [3.8, 4) is 11.5 Å². The number of benzene rings is 2. The fourth-order valence-electron chi connectivity index (χ4n) is 4.38. The summed E-state index contributed by atoms with van der Waals surface area (Å²) in [5, 5.41) is 12.9. The van der Waals surface area contributed by atoms with Crippen molar-refractivity contribution in [3.63, 3.8) is 0 Å². The molecule has 1 saturated heterocycles. The van der Waals surface area contributed by atoms with Gasteiger partial charge in [0.05, 0.1) is 25.8 Å². The topological polar surface area (TPSA) is 68.5 Å². The lowest BCUT2D eigenvalue weighted by Crippen LogP contribution is -2.48. The highest BCUT2D eigenvalue weighted by molar-refractivity contribution is 5.47. The number of anilines is 1. The smallest absolute Gasteiger partial charge is 0.173 e. The minimum Gasteiger partial charge on any atom is -0.493 e. The normalized spacial score (nSPS) is 15.9. The van der Waals surface area contributed by atoms with Crippen LogP contribution in [0.2, 0.25) is 0 Å². The summed E-state index contributed by atoms with van der Waals surface area (Å²) in [6.07, 6.45) is 0.891. The molecular formula is C25H33FN6O2. The van der Waals surface area contributed by atoms with E-state index < -0.39 is 0 Å². The fraction of sp³-hybridized carbons (Fsp3) is 0.480. The second kappa shape index (κ2) is 9.97. The van der Waals surface area contributed by atoms with Crippen LogP contribution in [0.25, 0.3) is 0 Å². The number of rotatable bonds is 8. The summed E-state index contributed by atoms with van der Waals surface area (Å²) in [4.78, 5) is 4.68. The van der Waals surface area contributed by atoms with Gasteiger partial charge in [-0.05, 0) is 72.7 Å². The lowest BCUT2D eigenvalue weighted by atomic mass is 9.98. The Bertz CT molecular complexity index is 1090. The van der Waals surface area contributed by atoms with Gasteiger partial charge in [0.2, 0.25) is 0 Å². The van der Waals surface area contributed by atoms with Gasteiger partial charge in [-0.25, -0.2) is 9.07 Å². The van der Waals surface area contributed by atoms with E-state index in [9.17, 15) is 4.39 Å². The second-order valence-corrected chi connectivity index (χ2v) is 9.13. The third kappa shape index (κ3) is 4.70. The zero-order valence-electron chi connectivity index (χ0n) is 20.5. The number of tetrazole rings is 1. The number of methoxy groups -OCH3 is 2.